The van der Waals surface area contributed by atoms with Crippen LogP contribution in [0.25, 0.3) is 0 Å². The van der Waals surface area contributed by atoms with Crippen LogP contribution in [0, 0.1) is 0 Å². The molecule has 6 nitrogen and oxygen atoms in total. The van der Waals surface area contributed by atoms with E-state index in [2.05, 4.69) is 5.32 Å². The van der Waals surface area contributed by atoms with Crippen LogP contribution >= 0.6 is 12.4 Å². The Morgan fingerprint density at radius 2 is 2.08 bits per heavy atom. The number of benzene rings is 1. The van der Waals surface area contributed by atoms with Crippen molar-refractivity contribution in [2.24, 2.45) is 5.73 Å². The van der Waals surface area contributed by atoms with E-state index in [1.165, 1.54) is 24.5 Å². The highest BCUT2D eigenvalue weighted by Crippen LogP contribution is 2.31. The summed E-state index contributed by atoms with van der Waals surface area (Å²) >= 11 is 0. The van der Waals surface area contributed by atoms with Crippen molar-refractivity contribution < 1.29 is 32.2 Å². The summed E-state index contributed by atoms with van der Waals surface area (Å²) < 4.78 is 47.9. The quantitative estimate of drug-likeness (QED) is 0.669. The second kappa shape index (κ2) is 9.46. The van der Waals surface area contributed by atoms with Gasteiger partial charge >= 0.3 is 6.18 Å². The SMILES string of the molecule is Cl.NCc1cc(C(=O)NCC(O)COc2cccc(C(F)(F)F)c2)co1. The number of ether oxygens (including phenoxy) is 1. The number of aliphatic hydroxyl groups excluding tert-OH is 1. The molecule has 2 rings (SSSR count). The zero-order valence-corrected chi connectivity index (χ0v) is 14.3. The molecule has 1 amide bonds. The van der Waals surface area contributed by atoms with E-state index in [9.17, 15) is 23.1 Å². The number of aliphatic hydroxyl groups is 1. The van der Waals surface area contributed by atoms with E-state index in [0.29, 0.717) is 5.76 Å². The smallest absolute Gasteiger partial charge is 0.416 e. The van der Waals surface area contributed by atoms with Gasteiger partial charge in [-0.05, 0) is 24.3 Å². The molecule has 10 heteroatoms. The van der Waals surface area contributed by atoms with Crippen molar-refractivity contribution in [3.63, 3.8) is 0 Å². The summed E-state index contributed by atoms with van der Waals surface area (Å²) in [6.07, 6.45) is -4.33. The lowest BCUT2D eigenvalue weighted by molar-refractivity contribution is -0.137. The summed E-state index contributed by atoms with van der Waals surface area (Å²) in [7, 11) is 0. The Kier molecular flexibility index (Phi) is 7.94. The molecule has 0 radical (unpaired) electrons. The lowest BCUT2D eigenvalue weighted by Crippen LogP contribution is -2.35. The average molecular weight is 395 g/mol. The van der Waals surface area contributed by atoms with Gasteiger partial charge in [-0.15, -0.1) is 12.4 Å². The fraction of sp³-hybridized carbons (Fsp3) is 0.312. The minimum Gasteiger partial charge on any atom is -0.491 e. The Morgan fingerprint density at radius 1 is 1.35 bits per heavy atom. The van der Waals surface area contributed by atoms with Crippen molar-refractivity contribution in [3.8, 4) is 5.75 Å². The number of alkyl halides is 3. The summed E-state index contributed by atoms with van der Waals surface area (Å²) in [5.41, 5.74) is 4.78. The van der Waals surface area contributed by atoms with Gasteiger partial charge in [0.15, 0.2) is 0 Å². The molecule has 1 atom stereocenters. The number of amides is 1. The summed E-state index contributed by atoms with van der Waals surface area (Å²) in [5, 5.41) is 12.2. The third kappa shape index (κ3) is 6.25. The lowest BCUT2D eigenvalue weighted by atomic mass is 10.2. The Bertz CT molecular complexity index is 722. The van der Waals surface area contributed by atoms with Crippen LogP contribution in [0.15, 0.2) is 41.0 Å². The maximum Gasteiger partial charge on any atom is 0.416 e. The normalized spacial score (nSPS) is 12.2. The van der Waals surface area contributed by atoms with Gasteiger partial charge in [-0.3, -0.25) is 4.79 Å². The van der Waals surface area contributed by atoms with Gasteiger partial charge in [0, 0.05) is 6.54 Å². The topological polar surface area (TPSA) is 97.7 Å². The van der Waals surface area contributed by atoms with Gasteiger partial charge < -0.3 is 25.3 Å². The molecule has 26 heavy (non-hydrogen) atoms. The predicted octanol–water partition coefficient (Wildman–Crippen LogP) is 2.35. The molecule has 0 bridgehead atoms. The fourth-order valence-corrected chi connectivity index (χ4v) is 1.93. The fourth-order valence-electron chi connectivity index (χ4n) is 1.93. The number of furan rings is 1. The third-order valence-electron chi connectivity index (χ3n) is 3.22. The molecule has 0 saturated heterocycles. The van der Waals surface area contributed by atoms with E-state index >= 15 is 0 Å². The van der Waals surface area contributed by atoms with E-state index in [0.717, 1.165) is 12.1 Å². The lowest BCUT2D eigenvalue weighted by Gasteiger charge is -2.14. The zero-order valence-electron chi connectivity index (χ0n) is 13.5. The van der Waals surface area contributed by atoms with Crippen LogP contribution in [-0.4, -0.2) is 30.3 Å². The van der Waals surface area contributed by atoms with Gasteiger partial charge in [0.1, 0.15) is 30.5 Å². The first-order chi connectivity index (χ1) is 11.8. The van der Waals surface area contributed by atoms with Crippen molar-refractivity contribution in [1.82, 2.24) is 5.32 Å². The molecule has 1 unspecified atom stereocenters. The van der Waals surface area contributed by atoms with Crippen molar-refractivity contribution in [2.75, 3.05) is 13.2 Å². The minimum absolute atomic E-state index is 0. The molecular formula is C16H18ClF3N2O4. The van der Waals surface area contributed by atoms with Crippen molar-refractivity contribution in [3.05, 3.63) is 53.5 Å². The molecule has 0 aliphatic heterocycles. The molecule has 1 aromatic carbocycles. The first kappa shape index (κ1) is 21.8. The van der Waals surface area contributed by atoms with Crippen LogP contribution in [0.3, 0.4) is 0 Å². The highest BCUT2D eigenvalue weighted by molar-refractivity contribution is 5.93. The van der Waals surface area contributed by atoms with E-state index < -0.39 is 23.8 Å². The highest BCUT2D eigenvalue weighted by Gasteiger charge is 2.30. The van der Waals surface area contributed by atoms with Gasteiger partial charge in [-0.2, -0.15) is 13.2 Å². The number of hydrogen-bond acceptors (Lipinski definition) is 5. The number of nitrogens with one attached hydrogen (secondary N) is 1. The summed E-state index contributed by atoms with van der Waals surface area (Å²) in [5.74, 6) is -0.0530. The van der Waals surface area contributed by atoms with Crippen LogP contribution in [0.1, 0.15) is 21.7 Å². The second-order valence-electron chi connectivity index (χ2n) is 5.21. The highest BCUT2D eigenvalue weighted by atomic mass is 35.5. The number of rotatable bonds is 7. The van der Waals surface area contributed by atoms with Crippen LogP contribution in [0.4, 0.5) is 13.2 Å². The molecule has 2 aromatic rings. The van der Waals surface area contributed by atoms with E-state index in [1.807, 2.05) is 0 Å². The molecule has 4 N–H and O–H groups in total. The first-order valence-corrected chi connectivity index (χ1v) is 7.33. The maximum absolute atomic E-state index is 12.6. The first-order valence-electron chi connectivity index (χ1n) is 7.33. The molecule has 1 aromatic heterocycles. The van der Waals surface area contributed by atoms with Crippen LogP contribution < -0.4 is 15.8 Å². The third-order valence-corrected chi connectivity index (χ3v) is 3.22. The van der Waals surface area contributed by atoms with Gasteiger partial charge in [0.05, 0.1) is 17.7 Å². The molecule has 144 valence electrons. The van der Waals surface area contributed by atoms with E-state index in [1.54, 1.807) is 0 Å². The molecule has 0 fully saturated rings. The summed E-state index contributed by atoms with van der Waals surface area (Å²) in [4.78, 5) is 11.8. The Balaban J connectivity index is 0.00000338. The minimum atomic E-state index is -4.47. The Labute approximate surface area is 153 Å². The Morgan fingerprint density at radius 3 is 2.69 bits per heavy atom. The standard InChI is InChI=1S/C16H17F3N2O4.ClH/c17-16(18,19)11-2-1-3-13(5-11)25-9-12(22)7-21-15(23)10-4-14(6-20)24-8-10;/h1-5,8,12,22H,6-7,9,20H2,(H,21,23);1H. The van der Waals surface area contributed by atoms with Crippen molar-refractivity contribution in [1.29, 1.82) is 0 Å². The molecule has 0 aliphatic rings. The zero-order chi connectivity index (χ0) is 18.4. The average Bonchev–Trinajstić information content (AvgIpc) is 3.06. The van der Waals surface area contributed by atoms with Crippen molar-refractivity contribution in [2.45, 2.75) is 18.8 Å². The van der Waals surface area contributed by atoms with E-state index in [-0.39, 0.29) is 43.4 Å². The maximum atomic E-state index is 12.6. The van der Waals surface area contributed by atoms with Crippen LogP contribution in [0.5, 0.6) is 5.75 Å². The molecule has 0 aliphatic carbocycles. The van der Waals surface area contributed by atoms with Gasteiger partial charge in [0.2, 0.25) is 0 Å². The monoisotopic (exact) mass is 394 g/mol. The number of carbonyl (C=O) groups excluding carboxylic acids is 1. The van der Waals surface area contributed by atoms with Gasteiger partial charge in [0.25, 0.3) is 5.91 Å². The van der Waals surface area contributed by atoms with E-state index in [4.69, 9.17) is 14.9 Å². The number of nitrogens with two attached hydrogens (primary N) is 1. The molecule has 1 heterocycles. The number of carbonyl (C=O) groups is 1. The van der Waals surface area contributed by atoms with Gasteiger partial charge in [-0.1, -0.05) is 6.07 Å². The second-order valence-corrected chi connectivity index (χ2v) is 5.21. The van der Waals surface area contributed by atoms with Gasteiger partial charge in [-0.25, -0.2) is 0 Å². The molecular weight excluding hydrogens is 377 g/mol. The molecule has 0 spiro atoms. The summed E-state index contributed by atoms with van der Waals surface area (Å²) in [6, 6.07) is 5.79. The largest absolute Gasteiger partial charge is 0.491 e. The Hall–Kier alpha value is -2.23. The van der Waals surface area contributed by atoms with Crippen LogP contribution in [-0.2, 0) is 12.7 Å². The summed E-state index contributed by atoms with van der Waals surface area (Å²) in [6.45, 7) is -0.261. The number of hydrogen-bond donors (Lipinski definition) is 3. The molecule has 0 saturated carbocycles. The van der Waals surface area contributed by atoms with Crippen LogP contribution in [0.2, 0.25) is 0 Å². The predicted molar refractivity (Wildman–Crippen MR) is 89.1 cm³/mol. The van der Waals surface area contributed by atoms with Crippen molar-refractivity contribution >= 4 is 18.3 Å². The number of halogens is 4.